The number of hydrogen-bond donors (Lipinski definition) is 2. The molecule has 102 valence electrons. The van der Waals surface area contributed by atoms with Crippen molar-refractivity contribution < 1.29 is 14.3 Å². The van der Waals surface area contributed by atoms with Gasteiger partial charge in [-0.2, -0.15) is 0 Å². The summed E-state index contributed by atoms with van der Waals surface area (Å²) in [6, 6.07) is 8.44. The summed E-state index contributed by atoms with van der Waals surface area (Å²) < 4.78 is 10.9. The van der Waals surface area contributed by atoms with Crippen LogP contribution in [0.3, 0.4) is 0 Å². The molecule has 0 bridgehead atoms. The Morgan fingerprint density at radius 2 is 1.85 bits per heavy atom. The summed E-state index contributed by atoms with van der Waals surface area (Å²) in [6.45, 7) is 1.06. The second kappa shape index (κ2) is 5.48. The van der Waals surface area contributed by atoms with Crippen LogP contribution in [0.5, 0.6) is 11.5 Å². The van der Waals surface area contributed by atoms with Gasteiger partial charge >= 0.3 is 6.03 Å². The van der Waals surface area contributed by atoms with Gasteiger partial charge in [-0.1, -0.05) is 0 Å². The van der Waals surface area contributed by atoms with Gasteiger partial charge in [0.05, 0.1) is 11.9 Å². The summed E-state index contributed by atoms with van der Waals surface area (Å²) in [4.78, 5) is 15.8. The predicted molar refractivity (Wildman–Crippen MR) is 74.3 cm³/mol. The van der Waals surface area contributed by atoms with Crippen molar-refractivity contribution in [3.8, 4) is 11.5 Å². The molecule has 1 aliphatic rings. The number of aromatic nitrogens is 1. The molecule has 6 nitrogen and oxygen atoms in total. The molecule has 0 unspecified atom stereocenters. The fourth-order valence-corrected chi connectivity index (χ4v) is 1.85. The first kappa shape index (κ1) is 12.3. The van der Waals surface area contributed by atoms with E-state index in [1.54, 1.807) is 42.7 Å². The summed E-state index contributed by atoms with van der Waals surface area (Å²) in [7, 11) is 0. The van der Waals surface area contributed by atoms with E-state index in [1.165, 1.54) is 0 Å². The molecule has 0 fully saturated rings. The Morgan fingerprint density at radius 1 is 1.05 bits per heavy atom. The topological polar surface area (TPSA) is 72.5 Å². The largest absolute Gasteiger partial charge is 0.486 e. The van der Waals surface area contributed by atoms with Crippen LogP contribution < -0.4 is 20.1 Å². The normalized spacial score (nSPS) is 12.6. The van der Waals surface area contributed by atoms with Crippen molar-refractivity contribution in [1.82, 2.24) is 4.98 Å². The zero-order valence-electron chi connectivity index (χ0n) is 10.6. The van der Waals surface area contributed by atoms with Gasteiger partial charge in [0.15, 0.2) is 11.5 Å². The van der Waals surface area contributed by atoms with Gasteiger partial charge in [-0.15, -0.1) is 0 Å². The minimum atomic E-state index is -0.338. The number of ether oxygens (including phenoxy) is 2. The van der Waals surface area contributed by atoms with Gasteiger partial charge in [-0.05, 0) is 24.3 Å². The smallest absolute Gasteiger partial charge is 0.323 e. The number of fused-ring (bicyclic) bond motifs is 1. The Balaban J connectivity index is 1.67. The van der Waals surface area contributed by atoms with Crippen molar-refractivity contribution in [2.24, 2.45) is 0 Å². The first-order valence-corrected chi connectivity index (χ1v) is 6.19. The Hall–Kier alpha value is -2.76. The van der Waals surface area contributed by atoms with Crippen LogP contribution >= 0.6 is 0 Å². The zero-order valence-corrected chi connectivity index (χ0v) is 10.6. The summed E-state index contributed by atoms with van der Waals surface area (Å²) in [6.07, 6.45) is 3.22. The Bertz CT molecular complexity index is 616. The Morgan fingerprint density at radius 3 is 2.65 bits per heavy atom. The Kier molecular flexibility index (Phi) is 3.36. The number of pyridine rings is 1. The highest BCUT2D eigenvalue weighted by Crippen LogP contribution is 2.32. The van der Waals surface area contributed by atoms with Crippen molar-refractivity contribution in [3.05, 3.63) is 42.7 Å². The van der Waals surface area contributed by atoms with E-state index in [0.29, 0.717) is 36.1 Å². The van der Waals surface area contributed by atoms with Crippen LogP contribution in [-0.2, 0) is 0 Å². The quantitative estimate of drug-likeness (QED) is 0.880. The van der Waals surface area contributed by atoms with Gasteiger partial charge in [-0.3, -0.25) is 4.98 Å². The molecule has 1 aliphatic heterocycles. The van der Waals surface area contributed by atoms with Crippen LogP contribution in [0.4, 0.5) is 16.2 Å². The lowest BCUT2D eigenvalue weighted by Crippen LogP contribution is -2.20. The van der Waals surface area contributed by atoms with Gasteiger partial charge in [0.25, 0.3) is 0 Å². The van der Waals surface area contributed by atoms with Gasteiger partial charge in [-0.25, -0.2) is 4.79 Å². The number of rotatable bonds is 2. The Labute approximate surface area is 115 Å². The number of benzene rings is 1. The molecule has 0 radical (unpaired) electrons. The van der Waals surface area contributed by atoms with Crippen LogP contribution in [0.1, 0.15) is 0 Å². The van der Waals surface area contributed by atoms with Crippen molar-refractivity contribution in [1.29, 1.82) is 0 Å². The third-order valence-corrected chi connectivity index (χ3v) is 2.72. The highest BCUT2D eigenvalue weighted by Gasteiger charge is 2.12. The van der Waals surface area contributed by atoms with Crippen LogP contribution in [-0.4, -0.2) is 24.2 Å². The maximum absolute atomic E-state index is 11.8. The lowest BCUT2D eigenvalue weighted by molar-refractivity contribution is 0.171. The van der Waals surface area contributed by atoms with Crippen LogP contribution in [0, 0.1) is 0 Å². The number of nitrogens with zero attached hydrogens (tertiary/aromatic N) is 1. The molecule has 0 saturated heterocycles. The SMILES string of the molecule is O=C(Nc1cccnc1)Nc1ccc2c(c1)OCCO2. The third kappa shape index (κ3) is 2.80. The predicted octanol–water partition coefficient (Wildman–Crippen LogP) is 2.50. The highest BCUT2D eigenvalue weighted by atomic mass is 16.6. The maximum atomic E-state index is 11.8. The molecule has 1 aromatic heterocycles. The van der Waals surface area contributed by atoms with E-state index < -0.39 is 0 Å². The number of anilines is 2. The monoisotopic (exact) mass is 271 g/mol. The molecule has 2 aromatic rings. The van der Waals surface area contributed by atoms with Gasteiger partial charge < -0.3 is 20.1 Å². The minimum absolute atomic E-state index is 0.338. The number of nitrogens with one attached hydrogen (secondary N) is 2. The molecule has 0 saturated carbocycles. The molecular formula is C14H13N3O3. The molecule has 0 aliphatic carbocycles. The molecular weight excluding hydrogens is 258 g/mol. The second-order valence-electron chi connectivity index (χ2n) is 4.18. The van der Waals surface area contributed by atoms with E-state index in [4.69, 9.17) is 9.47 Å². The van der Waals surface area contributed by atoms with Gasteiger partial charge in [0.1, 0.15) is 13.2 Å². The molecule has 0 spiro atoms. The summed E-state index contributed by atoms with van der Waals surface area (Å²) in [5.74, 6) is 1.32. The second-order valence-corrected chi connectivity index (χ2v) is 4.18. The first-order chi connectivity index (χ1) is 9.81. The van der Waals surface area contributed by atoms with Crippen molar-refractivity contribution >= 4 is 17.4 Å². The summed E-state index contributed by atoms with van der Waals surface area (Å²) in [5, 5.41) is 5.41. The summed E-state index contributed by atoms with van der Waals surface area (Å²) >= 11 is 0. The lowest BCUT2D eigenvalue weighted by atomic mass is 10.2. The zero-order chi connectivity index (χ0) is 13.8. The third-order valence-electron chi connectivity index (χ3n) is 2.72. The highest BCUT2D eigenvalue weighted by molar-refractivity contribution is 5.99. The fraction of sp³-hybridized carbons (Fsp3) is 0.143. The van der Waals surface area contributed by atoms with Crippen LogP contribution in [0.15, 0.2) is 42.7 Å². The molecule has 6 heteroatoms. The fourth-order valence-electron chi connectivity index (χ4n) is 1.85. The molecule has 2 heterocycles. The van der Waals surface area contributed by atoms with Crippen LogP contribution in [0.2, 0.25) is 0 Å². The first-order valence-electron chi connectivity index (χ1n) is 6.19. The minimum Gasteiger partial charge on any atom is -0.486 e. The molecule has 20 heavy (non-hydrogen) atoms. The molecule has 3 rings (SSSR count). The summed E-state index contributed by atoms with van der Waals surface area (Å²) in [5.41, 5.74) is 1.26. The van der Waals surface area contributed by atoms with Crippen molar-refractivity contribution in [2.45, 2.75) is 0 Å². The van der Waals surface area contributed by atoms with Crippen LogP contribution in [0.25, 0.3) is 0 Å². The van der Waals surface area contributed by atoms with E-state index in [0.717, 1.165) is 0 Å². The standard InChI is InChI=1S/C14H13N3O3/c18-14(17-11-2-1-5-15-9-11)16-10-3-4-12-13(8-10)20-7-6-19-12/h1-5,8-9H,6-7H2,(H2,16,17,18). The van der Waals surface area contributed by atoms with Gasteiger partial charge in [0, 0.05) is 18.0 Å². The molecule has 0 atom stereocenters. The van der Waals surface area contributed by atoms with E-state index in [1.807, 2.05) is 0 Å². The van der Waals surface area contributed by atoms with E-state index in [-0.39, 0.29) is 6.03 Å². The number of urea groups is 1. The van der Waals surface area contributed by atoms with E-state index >= 15 is 0 Å². The van der Waals surface area contributed by atoms with Crippen molar-refractivity contribution in [3.63, 3.8) is 0 Å². The average molecular weight is 271 g/mol. The molecule has 1 aromatic carbocycles. The van der Waals surface area contributed by atoms with Crippen molar-refractivity contribution in [2.75, 3.05) is 23.8 Å². The van der Waals surface area contributed by atoms with Gasteiger partial charge in [0.2, 0.25) is 0 Å². The molecule has 2 N–H and O–H groups in total. The number of hydrogen-bond acceptors (Lipinski definition) is 4. The maximum Gasteiger partial charge on any atom is 0.323 e. The van der Waals surface area contributed by atoms with E-state index in [2.05, 4.69) is 15.6 Å². The number of carbonyl (C=O) groups is 1. The lowest BCUT2D eigenvalue weighted by Gasteiger charge is -2.19. The average Bonchev–Trinajstić information content (AvgIpc) is 2.48. The number of amides is 2. The molecule has 2 amide bonds. The number of carbonyl (C=O) groups excluding carboxylic acids is 1. The van der Waals surface area contributed by atoms with E-state index in [9.17, 15) is 4.79 Å².